The lowest BCUT2D eigenvalue weighted by Gasteiger charge is -2.24. The molecule has 0 aliphatic carbocycles. The predicted octanol–water partition coefficient (Wildman–Crippen LogP) is 4.09. The van der Waals surface area contributed by atoms with Crippen LogP contribution in [-0.4, -0.2) is 40.8 Å². The number of halogens is 2. The van der Waals surface area contributed by atoms with Gasteiger partial charge < -0.3 is 14.7 Å². The van der Waals surface area contributed by atoms with Gasteiger partial charge in [-0.3, -0.25) is 14.4 Å². The highest BCUT2D eigenvalue weighted by Crippen LogP contribution is 2.39. The van der Waals surface area contributed by atoms with Crippen molar-refractivity contribution in [2.75, 3.05) is 13.2 Å². The van der Waals surface area contributed by atoms with E-state index in [9.17, 15) is 19.5 Å². The van der Waals surface area contributed by atoms with Crippen molar-refractivity contribution in [1.29, 1.82) is 0 Å². The molecule has 150 valence electrons. The quantitative estimate of drug-likeness (QED) is 0.303. The lowest BCUT2D eigenvalue weighted by atomic mass is 9.95. The van der Waals surface area contributed by atoms with Crippen LogP contribution in [0.15, 0.2) is 58.6 Å². The minimum Gasteiger partial charge on any atom is -0.507 e. The summed E-state index contributed by atoms with van der Waals surface area (Å²) >= 11 is 9.24. The molecule has 1 atom stereocenters. The molecule has 1 N–H and O–H groups in total. The van der Waals surface area contributed by atoms with Gasteiger partial charge >= 0.3 is 5.97 Å². The summed E-state index contributed by atoms with van der Waals surface area (Å²) in [6.45, 7) is 1.39. The summed E-state index contributed by atoms with van der Waals surface area (Å²) in [5, 5.41) is 11.3. The lowest BCUT2D eigenvalue weighted by molar-refractivity contribution is -0.149. The number of esters is 1. The SMILES string of the molecule is CCOC(=O)CN1C(=O)C(=O)C(=C(O)c2ccc(Cl)cc2)[C@H]1c1ccc(Br)cc1. The number of carbonyl (C=O) groups excluding carboxylic acids is 3. The molecule has 2 aromatic rings. The zero-order valence-electron chi connectivity index (χ0n) is 15.4. The minimum absolute atomic E-state index is 0.0936. The Morgan fingerprint density at radius 1 is 1.14 bits per heavy atom. The monoisotopic (exact) mass is 477 g/mol. The van der Waals surface area contributed by atoms with Crippen LogP contribution in [0.1, 0.15) is 24.1 Å². The number of likely N-dealkylation sites (tertiary alicyclic amines) is 1. The minimum atomic E-state index is -0.928. The molecule has 1 aliphatic heterocycles. The van der Waals surface area contributed by atoms with Crippen LogP contribution in [-0.2, 0) is 19.1 Å². The first-order chi connectivity index (χ1) is 13.8. The Balaban J connectivity index is 2.14. The highest BCUT2D eigenvalue weighted by molar-refractivity contribution is 9.10. The van der Waals surface area contributed by atoms with E-state index < -0.39 is 30.2 Å². The van der Waals surface area contributed by atoms with Crippen LogP contribution >= 0.6 is 27.5 Å². The van der Waals surface area contributed by atoms with E-state index >= 15 is 0 Å². The van der Waals surface area contributed by atoms with Gasteiger partial charge in [-0.25, -0.2) is 0 Å². The van der Waals surface area contributed by atoms with Crippen molar-refractivity contribution in [2.24, 2.45) is 0 Å². The van der Waals surface area contributed by atoms with Gasteiger partial charge in [-0.05, 0) is 48.9 Å². The fourth-order valence-electron chi connectivity index (χ4n) is 3.14. The Hall–Kier alpha value is -2.64. The molecule has 1 fully saturated rings. The molecule has 0 bridgehead atoms. The molecule has 29 heavy (non-hydrogen) atoms. The van der Waals surface area contributed by atoms with Crippen LogP contribution in [0.5, 0.6) is 0 Å². The van der Waals surface area contributed by atoms with Crippen molar-refractivity contribution in [1.82, 2.24) is 4.90 Å². The van der Waals surface area contributed by atoms with E-state index in [2.05, 4.69) is 15.9 Å². The molecule has 0 radical (unpaired) electrons. The Morgan fingerprint density at radius 3 is 2.34 bits per heavy atom. The first kappa shape index (κ1) is 21.1. The Labute approximate surface area is 180 Å². The van der Waals surface area contributed by atoms with Crippen molar-refractivity contribution >= 4 is 50.9 Å². The molecule has 1 saturated heterocycles. The van der Waals surface area contributed by atoms with E-state index in [1.54, 1.807) is 55.5 Å². The zero-order valence-corrected chi connectivity index (χ0v) is 17.7. The van der Waals surface area contributed by atoms with Crippen LogP contribution in [0, 0.1) is 0 Å². The fraction of sp³-hybridized carbons (Fsp3) is 0.190. The van der Waals surface area contributed by atoms with Crippen molar-refractivity contribution < 1.29 is 24.2 Å². The lowest BCUT2D eigenvalue weighted by Crippen LogP contribution is -2.35. The molecule has 3 rings (SSSR count). The number of carbonyl (C=O) groups is 3. The van der Waals surface area contributed by atoms with Crippen molar-refractivity contribution in [3.05, 3.63) is 74.7 Å². The van der Waals surface area contributed by atoms with Crippen LogP contribution in [0.4, 0.5) is 0 Å². The summed E-state index contributed by atoms with van der Waals surface area (Å²) in [7, 11) is 0. The van der Waals surface area contributed by atoms with Crippen molar-refractivity contribution in [3.63, 3.8) is 0 Å². The topological polar surface area (TPSA) is 83.9 Å². The number of ketones is 1. The Morgan fingerprint density at radius 2 is 1.76 bits per heavy atom. The summed E-state index contributed by atoms with van der Waals surface area (Å²) in [6, 6.07) is 12.2. The second kappa shape index (κ2) is 8.80. The molecule has 1 heterocycles. The number of nitrogens with zero attached hydrogens (tertiary/aromatic N) is 1. The van der Waals surface area contributed by atoms with Gasteiger partial charge in [0.05, 0.1) is 18.2 Å². The molecule has 0 unspecified atom stereocenters. The Kier molecular flexibility index (Phi) is 6.39. The van der Waals surface area contributed by atoms with Crippen molar-refractivity contribution in [2.45, 2.75) is 13.0 Å². The number of aliphatic hydroxyl groups excluding tert-OH is 1. The summed E-state index contributed by atoms with van der Waals surface area (Å²) < 4.78 is 5.75. The maximum atomic E-state index is 12.8. The van der Waals surface area contributed by atoms with Gasteiger partial charge in [0.15, 0.2) is 0 Å². The first-order valence-electron chi connectivity index (χ1n) is 8.79. The Bertz CT molecular complexity index is 985. The molecule has 0 spiro atoms. The van der Waals surface area contributed by atoms with Gasteiger partial charge in [0.1, 0.15) is 12.3 Å². The number of ether oxygens (including phenoxy) is 1. The maximum absolute atomic E-state index is 12.8. The third-order valence-corrected chi connectivity index (χ3v) is 5.23. The molecule has 1 amide bonds. The van der Waals surface area contributed by atoms with Crippen LogP contribution < -0.4 is 0 Å². The number of hydrogen-bond donors (Lipinski definition) is 1. The normalized spacial score (nSPS) is 18.2. The third-order valence-electron chi connectivity index (χ3n) is 4.45. The van der Waals surface area contributed by atoms with E-state index in [1.165, 1.54) is 0 Å². The summed E-state index contributed by atoms with van der Waals surface area (Å²) in [5.41, 5.74) is 0.821. The van der Waals surface area contributed by atoms with E-state index in [1.807, 2.05) is 0 Å². The predicted molar refractivity (Wildman–Crippen MR) is 111 cm³/mol. The third kappa shape index (κ3) is 4.36. The molecule has 6 nitrogen and oxygen atoms in total. The largest absolute Gasteiger partial charge is 0.507 e. The number of aliphatic hydroxyl groups is 1. The molecule has 0 saturated carbocycles. The molecule has 1 aliphatic rings. The van der Waals surface area contributed by atoms with Crippen LogP contribution in [0.2, 0.25) is 5.02 Å². The van der Waals surface area contributed by atoms with E-state index in [4.69, 9.17) is 16.3 Å². The zero-order chi connectivity index (χ0) is 21.1. The van der Waals surface area contributed by atoms with Crippen LogP contribution in [0.3, 0.4) is 0 Å². The molecular formula is C21H17BrClNO5. The molecular weight excluding hydrogens is 462 g/mol. The highest BCUT2D eigenvalue weighted by atomic mass is 79.9. The molecule has 8 heteroatoms. The van der Waals surface area contributed by atoms with Crippen molar-refractivity contribution in [3.8, 4) is 0 Å². The summed E-state index contributed by atoms with van der Waals surface area (Å²) in [4.78, 5) is 38.6. The van der Waals surface area contributed by atoms with E-state index in [0.29, 0.717) is 16.1 Å². The van der Waals surface area contributed by atoms with Gasteiger partial charge in [0.2, 0.25) is 0 Å². The average molecular weight is 479 g/mol. The van der Waals surface area contributed by atoms with Gasteiger partial charge in [-0.1, -0.05) is 39.7 Å². The van der Waals surface area contributed by atoms with E-state index in [-0.39, 0.29) is 17.9 Å². The second-order valence-corrected chi connectivity index (χ2v) is 7.64. The average Bonchev–Trinajstić information content (AvgIpc) is 2.94. The number of hydrogen-bond acceptors (Lipinski definition) is 5. The number of amides is 1. The fourth-order valence-corrected chi connectivity index (χ4v) is 3.53. The maximum Gasteiger partial charge on any atom is 0.325 e. The van der Waals surface area contributed by atoms with Crippen LogP contribution in [0.25, 0.3) is 5.76 Å². The van der Waals surface area contributed by atoms with Gasteiger partial charge in [0.25, 0.3) is 11.7 Å². The summed E-state index contributed by atoms with van der Waals surface area (Å²) in [6.07, 6.45) is 0. The van der Waals surface area contributed by atoms with Gasteiger partial charge in [0, 0.05) is 15.1 Å². The molecule has 2 aromatic carbocycles. The highest BCUT2D eigenvalue weighted by Gasteiger charge is 2.46. The smallest absolute Gasteiger partial charge is 0.325 e. The number of rotatable bonds is 5. The van der Waals surface area contributed by atoms with Gasteiger partial charge in [-0.2, -0.15) is 0 Å². The van der Waals surface area contributed by atoms with E-state index in [0.717, 1.165) is 9.37 Å². The second-order valence-electron chi connectivity index (χ2n) is 6.29. The molecule has 0 aromatic heterocycles. The standard InChI is InChI=1S/C21H17BrClNO5/c1-2-29-16(25)11-24-18(12-3-7-14(22)8-4-12)17(20(27)21(24)28)19(26)13-5-9-15(23)10-6-13/h3-10,18,26H,2,11H2,1H3/t18-/m1/s1. The number of Topliss-reactive ketones (excluding diaryl/α,β-unsaturated/α-hetero) is 1. The van der Waals surface area contributed by atoms with Gasteiger partial charge in [-0.15, -0.1) is 0 Å². The first-order valence-corrected chi connectivity index (χ1v) is 9.96. The summed E-state index contributed by atoms with van der Waals surface area (Å²) in [5.74, 6) is -2.71. The number of benzene rings is 2.